The lowest BCUT2D eigenvalue weighted by molar-refractivity contribution is 1.48. The van der Waals surface area contributed by atoms with Gasteiger partial charge in [-0.2, -0.15) is 0 Å². The van der Waals surface area contributed by atoms with Crippen LogP contribution < -0.4 is 0 Å². The van der Waals surface area contributed by atoms with Gasteiger partial charge in [-0.1, -0.05) is 18.1 Å². The van der Waals surface area contributed by atoms with Gasteiger partial charge in [0.15, 0.2) is 0 Å². The molecule has 0 fully saturated rings. The molecule has 0 amide bonds. The number of hydrogen-bond donors (Lipinski definition) is 0. The van der Waals surface area contributed by atoms with Crippen molar-refractivity contribution in [3.05, 3.63) is 34.2 Å². The summed E-state index contributed by atoms with van der Waals surface area (Å²) in [5, 5.41) is 1.30. The fraction of sp³-hybridized carbons (Fsp3) is 0.167. The van der Waals surface area contributed by atoms with E-state index in [-0.39, 0.29) is 0 Å². The number of thiophene rings is 1. The van der Waals surface area contributed by atoms with E-state index in [1.54, 1.807) is 11.3 Å². The van der Waals surface area contributed by atoms with Crippen molar-refractivity contribution in [2.75, 3.05) is 0 Å². The molecule has 0 aliphatic rings. The molecular weight excluding hydrogens is 176 g/mol. The Kier molecular flexibility index (Phi) is 1.86. The molecular formula is C12H10S. The van der Waals surface area contributed by atoms with Gasteiger partial charge in [0.05, 0.1) is 4.88 Å². The minimum Gasteiger partial charge on any atom is -0.126 e. The molecule has 1 heteroatoms. The van der Waals surface area contributed by atoms with Crippen LogP contribution in [0.1, 0.15) is 16.0 Å². The van der Waals surface area contributed by atoms with Crippen molar-refractivity contribution in [1.29, 1.82) is 0 Å². The summed E-state index contributed by atoms with van der Waals surface area (Å²) in [6.07, 6.45) is 5.37. The number of hydrogen-bond acceptors (Lipinski definition) is 1. The molecule has 1 heterocycles. The van der Waals surface area contributed by atoms with Gasteiger partial charge in [0.2, 0.25) is 0 Å². The molecule has 2 rings (SSSR count). The molecule has 0 nitrogen and oxygen atoms in total. The first-order valence-electron chi connectivity index (χ1n) is 4.18. The predicted octanol–water partition coefficient (Wildman–Crippen LogP) is 3.50. The average Bonchev–Trinajstić information content (AvgIpc) is 2.56. The van der Waals surface area contributed by atoms with Crippen LogP contribution in [0.3, 0.4) is 0 Å². The van der Waals surface area contributed by atoms with Crippen molar-refractivity contribution in [3.8, 4) is 12.3 Å². The first-order chi connectivity index (χ1) is 6.22. The maximum atomic E-state index is 5.37. The summed E-state index contributed by atoms with van der Waals surface area (Å²) >= 11 is 1.70. The van der Waals surface area contributed by atoms with Crippen LogP contribution in [-0.4, -0.2) is 0 Å². The smallest absolute Gasteiger partial charge is 0.0778 e. The van der Waals surface area contributed by atoms with Crippen LogP contribution >= 0.6 is 11.3 Å². The van der Waals surface area contributed by atoms with E-state index < -0.39 is 0 Å². The quantitative estimate of drug-likeness (QED) is 0.552. The molecule has 0 saturated heterocycles. The highest BCUT2D eigenvalue weighted by molar-refractivity contribution is 7.19. The Bertz CT molecular complexity index is 459. The van der Waals surface area contributed by atoms with Gasteiger partial charge in [-0.15, -0.1) is 17.8 Å². The molecule has 0 aliphatic heterocycles. The highest BCUT2D eigenvalue weighted by atomic mass is 32.1. The Hall–Kier alpha value is -1.26. The normalized spacial score (nSPS) is 10.2. The number of terminal acetylenes is 1. The molecule has 0 N–H and O–H groups in total. The van der Waals surface area contributed by atoms with E-state index in [0.717, 1.165) is 4.88 Å². The van der Waals surface area contributed by atoms with Crippen molar-refractivity contribution in [2.24, 2.45) is 0 Å². The molecule has 1 aromatic heterocycles. The Labute approximate surface area is 82.2 Å². The zero-order valence-corrected chi connectivity index (χ0v) is 8.53. The summed E-state index contributed by atoms with van der Waals surface area (Å²) in [5.74, 6) is 2.69. The molecule has 0 radical (unpaired) electrons. The Morgan fingerprint density at radius 1 is 1.23 bits per heavy atom. The van der Waals surface area contributed by atoms with Crippen LogP contribution in [-0.2, 0) is 0 Å². The molecule has 0 bridgehead atoms. The van der Waals surface area contributed by atoms with Gasteiger partial charge in [0.1, 0.15) is 0 Å². The van der Waals surface area contributed by atoms with E-state index in [2.05, 4.69) is 38.0 Å². The largest absolute Gasteiger partial charge is 0.126 e. The maximum absolute atomic E-state index is 5.37. The summed E-state index contributed by atoms with van der Waals surface area (Å²) in [4.78, 5) is 1.02. The van der Waals surface area contributed by atoms with Crippen molar-refractivity contribution >= 4 is 21.4 Å². The second-order valence-corrected chi connectivity index (χ2v) is 4.25. The number of benzene rings is 1. The third-order valence-corrected chi connectivity index (χ3v) is 3.44. The fourth-order valence-corrected chi connectivity index (χ4v) is 2.48. The maximum Gasteiger partial charge on any atom is 0.0778 e. The van der Waals surface area contributed by atoms with Crippen molar-refractivity contribution in [3.63, 3.8) is 0 Å². The Balaban J connectivity index is 2.90. The lowest BCUT2D eigenvalue weighted by Crippen LogP contribution is -1.75. The van der Waals surface area contributed by atoms with Gasteiger partial charge < -0.3 is 0 Å². The van der Waals surface area contributed by atoms with Gasteiger partial charge in [-0.05, 0) is 36.4 Å². The second kappa shape index (κ2) is 2.90. The molecule has 2 aromatic rings. The molecule has 0 aliphatic carbocycles. The molecule has 0 unspecified atom stereocenters. The van der Waals surface area contributed by atoms with Crippen LogP contribution in [0.4, 0.5) is 0 Å². The van der Waals surface area contributed by atoms with E-state index in [4.69, 9.17) is 6.42 Å². The van der Waals surface area contributed by atoms with Crippen LogP contribution in [0.15, 0.2) is 18.2 Å². The standard InChI is InChI=1S/C12H10S/c1-4-10-7-11-8(2)5-6-9(3)12(11)13-10/h1,5-7H,2-3H3. The highest BCUT2D eigenvalue weighted by Gasteiger charge is 2.04. The van der Waals surface area contributed by atoms with Gasteiger partial charge >= 0.3 is 0 Å². The first-order valence-corrected chi connectivity index (χ1v) is 5.00. The van der Waals surface area contributed by atoms with E-state index in [1.165, 1.54) is 21.2 Å². The van der Waals surface area contributed by atoms with Gasteiger partial charge in [0.25, 0.3) is 0 Å². The zero-order chi connectivity index (χ0) is 9.42. The molecule has 1 aromatic carbocycles. The van der Waals surface area contributed by atoms with Crippen LogP contribution in [0.2, 0.25) is 0 Å². The summed E-state index contributed by atoms with van der Waals surface area (Å²) in [6, 6.07) is 6.39. The number of aryl methyl sites for hydroxylation is 2. The van der Waals surface area contributed by atoms with Gasteiger partial charge in [-0.3, -0.25) is 0 Å². The zero-order valence-electron chi connectivity index (χ0n) is 7.72. The first kappa shape index (κ1) is 8.34. The highest BCUT2D eigenvalue weighted by Crippen LogP contribution is 2.30. The molecule has 13 heavy (non-hydrogen) atoms. The molecule has 0 saturated carbocycles. The number of fused-ring (bicyclic) bond motifs is 1. The van der Waals surface area contributed by atoms with Crippen molar-refractivity contribution in [2.45, 2.75) is 13.8 Å². The average molecular weight is 186 g/mol. The van der Waals surface area contributed by atoms with Crippen LogP contribution in [0.5, 0.6) is 0 Å². The fourth-order valence-electron chi connectivity index (χ4n) is 1.46. The van der Waals surface area contributed by atoms with E-state index in [1.807, 2.05) is 0 Å². The molecule has 0 spiro atoms. The Morgan fingerprint density at radius 2 is 1.92 bits per heavy atom. The monoisotopic (exact) mass is 186 g/mol. The van der Waals surface area contributed by atoms with Crippen LogP contribution in [0, 0.1) is 26.2 Å². The van der Waals surface area contributed by atoms with Crippen molar-refractivity contribution in [1.82, 2.24) is 0 Å². The summed E-state index contributed by atoms with van der Waals surface area (Å²) in [7, 11) is 0. The minimum absolute atomic E-state index is 1.02. The predicted molar refractivity (Wildman–Crippen MR) is 59.2 cm³/mol. The van der Waals surface area contributed by atoms with Gasteiger partial charge in [0, 0.05) is 4.70 Å². The summed E-state index contributed by atoms with van der Waals surface area (Å²) < 4.78 is 1.33. The minimum atomic E-state index is 1.02. The number of rotatable bonds is 0. The molecule has 0 atom stereocenters. The van der Waals surface area contributed by atoms with E-state index in [9.17, 15) is 0 Å². The van der Waals surface area contributed by atoms with Crippen LogP contribution in [0.25, 0.3) is 10.1 Å². The second-order valence-electron chi connectivity index (χ2n) is 3.20. The Morgan fingerprint density at radius 3 is 2.54 bits per heavy atom. The lowest BCUT2D eigenvalue weighted by Gasteiger charge is -1.97. The third-order valence-electron chi connectivity index (χ3n) is 2.24. The molecule has 64 valence electrons. The summed E-state index contributed by atoms with van der Waals surface area (Å²) in [6.45, 7) is 4.24. The van der Waals surface area contributed by atoms with Gasteiger partial charge in [-0.25, -0.2) is 0 Å². The van der Waals surface area contributed by atoms with E-state index >= 15 is 0 Å². The summed E-state index contributed by atoms with van der Waals surface area (Å²) in [5.41, 5.74) is 2.62. The van der Waals surface area contributed by atoms with E-state index in [0.29, 0.717) is 0 Å². The van der Waals surface area contributed by atoms with Crippen molar-refractivity contribution < 1.29 is 0 Å². The topological polar surface area (TPSA) is 0 Å². The lowest BCUT2D eigenvalue weighted by atomic mass is 10.1. The third kappa shape index (κ3) is 1.24. The SMILES string of the molecule is C#Cc1cc2c(C)ccc(C)c2s1.